The van der Waals surface area contributed by atoms with Crippen LogP contribution in [0.25, 0.3) is 5.69 Å². The summed E-state index contributed by atoms with van der Waals surface area (Å²) < 4.78 is 3.64. The van der Waals surface area contributed by atoms with Gasteiger partial charge in [0.15, 0.2) is 5.84 Å². The Morgan fingerprint density at radius 2 is 1.85 bits per heavy atom. The van der Waals surface area contributed by atoms with Gasteiger partial charge < -0.3 is 0 Å². The Morgan fingerprint density at radius 3 is 2.59 bits per heavy atom. The number of hydrazone groups is 1. The molecule has 4 rings (SSSR count). The molecule has 0 spiro atoms. The molecule has 1 aromatic heterocycles. The molecule has 0 fully saturated rings. The number of hydrazine groups is 2. The molecular weight excluding hydrogens is 424 g/mol. The molecule has 0 bridgehead atoms. The molecule has 2 heterocycles. The van der Waals surface area contributed by atoms with Crippen molar-refractivity contribution in [1.29, 1.82) is 0 Å². The lowest BCUT2D eigenvalue weighted by Gasteiger charge is -2.18. The first kappa shape index (κ1) is 18.0. The Balaban J connectivity index is 1.63. The molecule has 1 aliphatic rings. The summed E-state index contributed by atoms with van der Waals surface area (Å²) in [6.45, 7) is 4.85. The van der Waals surface area contributed by atoms with Crippen LogP contribution in [0.2, 0.25) is 0 Å². The van der Waals surface area contributed by atoms with Crippen LogP contribution in [0.15, 0.2) is 58.2 Å². The molecule has 0 amide bonds. The van der Waals surface area contributed by atoms with Gasteiger partial charge in [-0.1, -0.05) is 46.3 Å². The molecule has 0 saturated heterocycles. The molecule has 6 nitrogen and oxygen atoms in total. The van der Waals surface area contributed by atoms with Crippen LogP contribution in [0.1, 0.15) is 22.3 Å². The highest BCUT2D eigenvalue weighted by atomic mass is 79.9. The molecule has 138 valence electrons. The summed E-state index contributed by atoms with van der Waals surface area (Å²) in [7, 11) is 0. The van der Waals surface area contributed by atoms with E-state index < -0.39 is 0 Å². The van der Waals surface area contributed by atoms with E-state index in [-0.39, 0.29) is 0 Å². The minimum Gasteiger partial charge on any atom is -0.299 e. The summed E-state index contributed by atoms with van der Waals surface area (Å²) >= 11 is 9.18. The lowest BCUT2D eigenvalue weighted by atomic mass is 10.1. The summed E-state index contributed by atoms with van der Waals surface area (Å²) in [6.07, 6.45) is 1.89. The second kappa shape index (κ2) is 7.30. The Morgan fingerprint density at radius 1 is 1.07 bits per heavy atom. The van der Waals surface area contributed by atoms with E-state index in [1.54, 1.807) is 0 Å². The number of hydrogen-bond acceptors (Lipinski definition) is 5. The van der Waals surface area contributed by atoms with Gasteiger partial charge in [0.05, 0.1) is 17.8 Å². The van der Waals surface area contributed by atoms with Crippen molar-refractivity contribution in [2.75, 3.05) is 0 Å². The van der Waals surface area contributed by atoms with E-state index in [1.165, 1.54) is 11.1 Å². The van der Waals surface area contributed by atoms with Gasteiger partial charge in [-0.3, -0.25) is 10.1 Å². The molecule has 0 radical (unpaired) electrons. The van der Waals surface area contributed by atoms with E-state index >= 15 is 0 Å². The van der Waals surface area contributed by atoms with E-state index in [4.69, 9.17) is 12.2 Å². The molecule has 3 aromatic rings. The molecule has 0 aliphatic carbocycles. The third-order valence-corrected chi connectivity index (χ3v) is 5.55. The highest BCUT2D eigenvalue weighted by Crippen LogP contribution is 2.18. The molecule has 8 heteroatoms. The highest BCUT2D eigenvalue weighted by molar-refractivity contribution is 9.10. The Kier molecular flexibility index (Phi) is 4.86. The van der Waals surface area contributed by atoms with Gasteiger partial charge in [0.2, 0.25) is 0 Å². The first-order chi connectivity index (χ1) is 13.0. The maximum absolute atomic E-state index is 5.72. The standard InChI is InChI=1S/C19H19BrN6S/c1-12-3-8-16(9-13(12)2)26-19(27)17(10-21-26)18-22-23-24-25(18)11-14-4-6-15(20)7-5-14/h3-10,21,23-24H,11H2,1-2H3. The molecular formula is C19H19BrN6S. The molecule has 3 N–H and O–H groups in total. The van der Waals surface area contributed by atoms with Crippen molar-refractivity contribution in [2.24, 2.45) is 5.10 Å². The molecule has 2 aromatic carbocycles. The predicted octanol–water partition coefficient (Wildman–Crippen LogP) is 4.10. The maximum atomic E-state index is 5.72. The number of aromatic nitrogens is 2. The fraction of sp³-hybridized carbons (Fsp3) is 0.158. The summed E-state index contributed by atoms with van der Waals surface area (Å²) in [5, 5.41) is 9.56. The number of hydrogen-bond donors (Lipinski definition) is 3. The summed E-state index contributed by atoms with van der Waals surface area (Å²) in [6, 6.07) is 14.5. The van der Waals surface area contributed by atoms with Crippen molar-refractivity contribution in [3.8, 4) is 5.69 Å². The van der Waals surface area contributed by atoms with Crippen LogP contribution in [0.4, 0.5) is 0 Å². The fourth-order valence-electron chi connectivity index (χ4n) is 2.93. The van der Waals surface area contributed by atoms with E-state index in [2.05, 4.69) is 81.4 Å². The number of nitrogens with one attached hydrogen (secondary N) is 3. The molecule has 0 saturated carbocycles. The third kappa shape index (κ3) is 3.55. The highest BCUT2D eigenvalue weighted by Gasteiger charge is 2.22. The van der Waals surface area contributed by atoms with Crippen LogP contribution < -0.4 is 11.1 Å². The Hall–Kier alpha value is -2.42. The van der Waals surface area contributed by atoms with E-state index in [0.717, 1.165) is 27.1 Å². The summed E-state index contributed by atoms with van der Waals surface area (Å²) in [4.78, 5) is 0. The van der Waals surface area contributed by atoms with Crippen molar-refractivity contribution < 1.29 is 0 Å². The number of halogens is 1. The molecule has 0 atom stereocenters. The van der Waals surface area contributed by atoms with E-state index in [9.17, 15) is 0 Å². The van der Waals surface area contributed by atoms with E-state index in [0.29, 0.717) is 11.2 Å². The third-order valence-electron chi connectivity index (χ3n) is 4.62. The first-order valence-electron chi connectivity index (χ1n) is 8.51. The molecule has 27 heavy (non-hydrogen) atoms. The number of rotatable bonds is 4. The van der Waals surface area contributed by atoms with Crippen LogP contribution in [0.5, 0.6) is 0 Å². The van der Waals surface area contributed by atoms with Crippen molar-refractivity contribution >= 4 is 34.0 Å². The van der Waals surface area contributed by atoms with Gasteiger partial charge in [0.25, 0.3) is 0 Å². The zero-order chi connectivity index (χ0) is 19.0. The minimum atomic E-state index is 0.655. The molecule has 1 aliphatic heterocycles. The van der Waals surface area contributed by atoms with Gasteiger partial charge in [-0.2, -0.15) is 0 Å². The second-order valence-electron chi connectivity index (χ2n) is 6.47. The smallest absolute Gasteiger partial charge is 0.177 e. The van der Waals surface area contributed by atoms with E-state index in [1.807, 2.05) is 28.0 Å². The lowest BCUT2D eigenvalue weighted by Crippen LogP contribution is -2.40. The zero-order valence-electron chi connectivity index (χ0n) is 15.0. The second-order valence-corrected chi connectivity index (χ2v) is 7.77. The van der Waals surface area contributed by atoms with Gasteiger partial charge in [0, 0.05) is 10.7 Å². The fourth-order valence-corrected chi connectivity index (χ4v) is 3.50. The van der Waals surface area contributed by atoms with Crippen LogP contribution in [-0.4, -0.2) is 20.6 Å². The maximum Gasteiger partial charge on any atom is 0.177 e. The van der Waals surface area contributed by atoms with Gasteiger partial charge in [-0.05, 0) is 54.8 Å². The Bertz CT molecular complexity index is 1070. The van der Waals surface area contributed by atoms with Gasteiger partial charge in [-0.25, -0.2) is 10.2 Å². The molecule has 0 unspecified atom stereocenters. The quantitative estimate of drug-likeness (QED) is 0.532. The van der Waals surface area contributed by atoms with Crippen molar-refractivity contribution in [1.82, 2.24) is 25.9 Å². The van der Waals surface area contributed by atoms with Crippen LogP contribution in [0, 0.1) is 18.5 Å². The van der Waals surface area contributed by atoms with Crippen LogP contribution in [-0.2, 0) is 6.54 Å². The largest absolute Gasteiger partial charge is 0.299 e. The summed E-state index contributed by atoms with van der Waals surface area (Å²) in [5.74, 6) is 0.752. The van der Waals surface area contributed by atoms with Gasteiger partial charge >= 0.3 is 0 Å². The average molecular weight is 443 g/mol. The van der Waals surface area contributed by atoms with Crippen molar-refractivity contribution in [3.63, 3.8) is 0 Å². The van der Waals surface area contributed by atoms with Crippen LogP contribution in [0.3, 0.4) is 0 Å². The average Bonchev–Trinajstić information content (AvgIpc) is 3.25. The predicted molar refractivity (Wildman–Crippen MR) is 113 cm³/mol. The van der Waals surface area contributed by atoms with Crippen molar-refractivity contribution in [2.45, 2.75) is 20.4 Å². The van der Waals surface area contributed by atoms with Crippen molar-refractivity contribution in [3.05, 3.63) is 80.0 Å². The van der Waals surface area contributed by atoms with Gasteiger partial charge in [-0.15, -0.1) is 10.6 Å². The number of H-pyrrole nitrogens is 1. The Labute approximate surface area is 170 Å². The number of aryl methyl sites for hydroxylation is 2. The topological polar surface area (TPSA) is 60.4 Å². The minimum absolute atomic E-state index is 0.655. The monoisotopic (exact) mass is 442 g/mol. The van der Waals surface area contributed by atoms with Crippen LogP contribution >= 0.6 is 28.1 Å². The number of aromatic amines is 1. The normalized spacial score (nSPS) is 13.6. The number of nitrogens with zero attached hydrogens (tertiary/aromatic N) is 3. The summed E-state index contributed by atoms with van der Waals surface area (Å²) in [5.41, 5.74) is 11.4. The van der Waals surface area contributed by atoms with Gasteiger partial charge in [0.1, 0.15) is 4.64 Å². The lowest BCUT2D eigenvalue weighted by molar-refractivity contribution is 0.288. The number of amidine groups is 1. The first-order valence-corrected chi connectivity index (χ1v) is 9.72. The SMILES string of the molecule is Cc1ccc(-n2[nH]cc(C3=NNNN3Cc3ccc(Br)cc3)c2=S)cc1C. The zero-order valence-corrected chi connectivity index (χ0v) is 17.4. The number of benzene rings is 2.